The Morgan fingerprint density at radius 3 is 2.80 bits per heavy atom. The number of aliphatic hydroxyl groups excluding tert-OH is 1. The molecule has 1 rings (SSSR count). The number of hydrogen-bond acceptors (Lipinski definition) is 4. The van der Waals surface area contributed by atoms with Crippen LogP contribution in [0.5, 0.6) is 0 Å². The fraction of sp³-hybridized carbons (Fsp3) is 1.00. The van der Waals surface area contributed by atoms with E-state index in [-0.39, 0.29) is 6.10 Å². The normalized spacial score (nSPS) is 25.0. The molecule has 1 aliphatic heterocycles. The number of ether oxygens (including phenoxy) is 1. The lowest BCUT2D eigenvalue weighted by Gasteiger charge is -2.17. The predicted octanol–water partition coefficient (Wildman–Crippen LogP) is 0.0660. The van der Waals surface area contributed by atoms with Crippen LogP contribution in [0.1, 0.15) is 20.3 Å². The van der Waals surface area contributed by atoms with Crippen molar-refractivity contribution in [3.8, 4) is 0 Å². The van der Waals surface area contributed by atoms with Crippen molar-refractivity contribution in [3.05, 3.63) is 0 Å². The van der Waals surface area contributed by atoms with Crippen LogP contribution in [-0.4, -0.2) is 61.5 Å². The van der Waals surface area contributed by atoms with Crippen LogP contribution in [0.4, 0.5) is 0 Å². The maximum Gasteiger partial charge on any atom is 0.0897 e. The fourth-order valence-electron chi connectivity index (χ4n) is 1.77. The Morgan fingerprint density at radius 2 is 2.27 bits per heavy atom. The van der Waals surface area contributed by atoms with E-state index in [0.29, 0.717) is 19.2 Å². The third kappa shape index (κ3) is 5.47. The minimum Gasteiger partial charge on any atom is -0.389 e. The molecule has 1 aliphatic rings. The van der Waals surface area contributed by atoms with E-state index in [1.807, 2.05) is 13.8 Å². The molecular weight excluding hydrogens is 192 g/mol. The summed E-state index contributed by atoms with van der Waals surface area (Å²) < 4.78 is 5.34. The first kappa shape index (κ1) is 12.9. The number of likely N-dealkylation sites (tertiary alicyclic amines) is 1. The zero-order valence-corrected chi connectivity index (χ0v) is 10.1. The summed E-state index contributed by atoms with van der Waals surface area (Å²) >= 11 is 0. The molecule has 4 nitrogen and oxygen atoms in total. The third-order valence-corrected chi connectivity index (χ3v) is 2.66. The van der Waals surface area contributed by atoms with Gasteiger partial charge < -0.3 is 20.1 Å². The monoisotopic (exact) mass is 216 g/mol. The van der Waals surface area contributed by atoms with Crippen LogP contribution in [-0.2, 0) is 4.74 Å². The summed E-state index contributed by atoms with van der Waals surface area (Å²) in [5.41, 5.74) is 0. The Hall–Kier alpha value is -0.160. The second-order valence-corrected chi connectivity index (χ2v) is 4.69. The first-order valence-electron chi connectivity index (χ1n) is 5.79. The topological polar surface area (TPSA) is 44.7 Å². The van der Waals surface area contributed by atoms with Crippen LogP contribution in [0.15, 0.2) is 0 Å². The van der Waals surface area contributed by atoms with Gasteiger partial charge in [-0.1, -0.05) is 0 Å². The second kappa shape index (κ2) is 6.43. The molecule has 0 aromatic heterocycles. The maximum atomic E-state index is 9.62. The minimum absolute atomic E-state index is 0.192. The average molecular weight is 216 g/mol. The van der Waals surface area contributed by atoms with Crippen LogP contribution in [0.3, 0.4) is 0 Å². The van der Waals surface area contributed by atoms with Crippen molar-refractivity contribution in [1.29, 1.82) is 0 Å². The van der Waals surface area contributed by atoms with Gasteiger partial charge in [-0.2, -0.15) is 0 Å². The number of aliphatic hydroxyl groups is 1. The standard InChI is InChI=1S/C11H24N2O2/c1-9(2)15-8-11(14)6-12-10-4-5-13(3)7-10/h9-12,14H,4-8H2,1-3H3. The van der Waals surface area contributed by atoms with Gasteiger partial charge in [-0.15, -0.1) is 0 Å². The molecule has 1 fully saturated rings. The number of hydrogen-bond donors (Lipinski definition) is 2. The van der Waals surface area contributed by atoms with E-state index in [1.54, 1.807) is 0 Å². The third-order valence-electron chi connectivity index (χ3n) is 2.66. The number of nitrogens with zero attached hydrogens (tertiary/aromatic N) is 1. The van der Waals surface area contributed by atoms with Gasteiger partial charge >= 0.3 is 0 Å². The van der Waals surface area contributed by atoms with Gasteiger partial charge in [0, 0.05) is 19.1 Å². The van der Waals surface area contributed by atoms with Crippen LogP contribution in [0.25, 0.3) is 0 Å². The molecule has 90 valence electrons. The van der Waals surface area contributed by atoms with E-state index in [4.69, 9.17) is 4.74 Å². The van der Waals surface area contributed by atoms with Crippen molar-refractivity contribution in [2.45, 2.75) is 38.5 Å². The Kier molecular flexibility index (Phi) is 5.53. The second-order valence-electron chi connectivity index (χ2n) is 4.69. The van der Waals surface area contributed by atoms with Gasteiger partial charge in [0.2, 0.25) is 0 Å². The first-order chi connectivity index (χ1) is 7.08. The molecule has 0 aromatic carbocycles. The van der Waals surface area contributed by atoms with Gasteiger partial charge in [-0.05, 0) is 33.9 Å². The van der Waals surface area contributed by atoms with E-state index in [0.717, 1.165) is 13.1 Å². The van der Waals surface area contributed by atoms with Crippen molar-refractivity contribution in [3.63, 3.8) is 0 Å². The number of likely N-dealkylation sites (N-methyl/N-ethyl adjacent to an activating group) is 1. The number of rotatable bonds is 6. The lowest BCUT2D eigenvalue weighted by molar-refractivity contribution is 0.00557. The van der Waals surface area contributed by atoms with E-state index < -0.39 is 6.10 Å². The van der Waals surface area contributed by atoms with Crippen molar-refractivity contribution in [2.24, 2.45) is 0 Å². The van der Waals surface area contributed by atoms with E-state index in [2.05, 4.69) is 17.3 Å². The van der Waals surface area contributed by atoms with Crippen LogP contribution >= 0.6 is 0 Å². The smallest absolute Gasteiger partial charge is 0.0897 e. The molecular formula is C11H24N2O2. The zero-order valence-electron chi connectivity index (χ0n) is 10.1. The van der Waals surface area contributed by atoms with E-state index in [9.17, 15) is 5.11 Å². The molecule has 2 N–H and O–H groups in total. The lowest BCUT2D eigenvalue weighted by atomic mass is 10.2. The summed E-state index contributed by atoms with van der Waals surface area (Å²) in [4.78, 5) is 2.30. The summed E-state index contributed by atoms with van der Waals surface area (Å²) in [6.07, 6.45) is 0.976. The molecule has 0 radical (unpaired) electrons. The Labute approximate surface area is 92.6 Å². The Bertz CT molecular complexity index is 176. The molecule has 0 bridgehead atoms. The average Bonchev–Trinajstić information content (AvgIpc) is 2.58. The minimum atomic E-state index is -0.390. The zero-order chi connectivity index (χ0) is 11.3. The lowest BCUT2D eigenvalue weighted by Crippen LogP contribution is -2.39. The molecule has 0 aliphatic carbocycles. The summed E-state index contributed by atoms with van der Waals surface area (Å²) in [5, 5.41) is 13.0. The highest BCUT2D eigenvalue weighted by Gasteiger charge is 2.19. The molecule has 2 unspecified atom stereocenters. The summed E-state index contributed by atoms with van der Waals surface area (Å²) in [6, 6.07) is 0.531. The van der Waals surface area contributed by atoms with Crippen LogP contribution < -0.4 is 5.32 Å². The largest absolute Gasteiger partial charge is 0.389 e. The Morgan fingerprint density at radius 1 is 1.53 bits per heavy atom. The predicted molar refractivity (Wildman–Crippen MR) is 61.0 cm³/mol. The Balaban J connectivity index is 2.03. The molecule has 0 aromatic rings. The molecule has 2 atom stereocenters. The number of nitrogens with one attached hydrogen (secondary N) is 1. The molecule has 0 saturated carbocycles. The summed E-state index contributed by atoms with van der Waals surface area (Å²) in [6.45, 7) is 7.24. The summed E-state index contributed by atoms with van der Waals surface area (Å²) in [7, 11) is 2.12. The molecule has 1 saturated heterocycles. The van der Waals surface area contributed by atoms with Gasteiger partial charge in [0.25, 0.3) is 0 Å². The van der Waals surface area contributed by atoms with Gasteiger partial charge in [0.05, 0.1) is 18.8 Å². The van der Waals surface area contributed by atoms with E-state index >= 15 is 0 Å². The SMILES string of the molecule is CC(C)OCC(O)CNC1CCN(C)C1. The molecule has 0 spiro atoms. The first-order valence-corrected chi connectivity index (χ1v) is 5.79. The molecule has 1 heterocycles. The van der Waals surface area contributed by atoms with E-state index in [1.165, 1.54) is 6.42 Å². The van der Waals surface area contributed by atoms with Crippen molar-refractivity contribution in [2.75, 3.05) is 33.3 Å². The summed E-state index contributed by atoms with van der Waals surface area (Å²) in [5.74, 6) is 0. The highest BCUT2D eigenvalue weighted by Crippen LogP contribution is 2.05. The molecule has 0 amide bonds. The van der Waals surface area contributed by atoms with Gasteiger partial charge in [-0.25, -0.2) is 0 Å². The van der Waals surface area contributed by atoms with Crippen LogP contribution in [0, 0.1) is 0 Å². The van der Waals surface area contributed by atoms with Crippen molar-refractivity contribution in [1.82, 2.24) is 10.2 Å². The highest BCUT2D eigenvalue weighted by atomic mass is 16.5. The van der Waals surface area contributed by atoms with Gasteiger partial charge in [0.15, 0.2) is 0 Å². The molecule has 4 heteroatoms. The highest BCUT2D eigenvalue weighted by molar-refractivity contribution is 4.79. The molecule has 15 heavy (non-hydrogen) atoms. The van der Waals surface area contributed by atoms with Crippen molar-refractivity contribution >= 4 is 0 Å². The van der Waals surface area contributed by atoms with Gasteiger partial charge in [-0.3, -0.25) is 0 Å². The fourth-order valence-corrected chi connectivity index (χ4v) is 1.77. The maximum absolute atomic E-state index is 9.62. The van der Waals surface area contributed by atoms with Crippen LogP contribution in [0.2, 0.25) is 0 Å². The quantitative estimate of drug-likeness (QED) is 0.659. The van der Waals surface area contributed by atoms with Gasteiger partial charge in [0.1, 0.15) is 0 Å². The van der Waals surface area contributed by atoms with Crippen molar-refractivity contribution < 1.29 is 9.84 Å².